The van der Waals surface area contributed by atoms with Gasteiger partial charge in [-0.05, 0) is 12.0 Å². The molecule has 3 N–H and O–H groups in total. The number of rotatable bonds is 6. The Labute approximate surface area is 132 Å². The van der Waals surface area contributed by atoms with Crippen LogP contribution in [-0.4, -0.2) is 39.4 Å². The lowest BCUT2D eigenvalue weighted by Crippen LogP contribution is -2.38. The van der Waals surface area contributed by atoms with Crippen LogP contribution in [-0.2, 0) is 16.1 Å². The minimum absolute atomic E-state index is 0.0103. The number of aliphatic hydroxyl groups is 1. The third-order valence-electron chi connectivity index (χ3n) is 3.61. The smallest absolute Gasteiger partial charge is 0.269 e. The largest absolute Gasteiger partial charge is 0.383 e. The van der Waals surface area contributed by atoms with E-state index in [2.05, 4.69) is 0 Å². The number of nitrogens with two attached hydrogens (primary N) is 1. The minimum atomic E-state index is -1.38. The monoisotopic (exact) mass is 319 g/mol. The lowest BCUT2D eigenvalue weighted by atomic mass is 10.0. The van der Waals surface area contributed by atoms with Gasteiger partial charge in [0, 0.05) is 37.2 Å². The standard InChI is InChI=1S/C15H17N3O5/c16-14(20)13(19)8-11-2-1-7-17(15(11)21)9-10-3-5-12(6-4-10)18(22)23/h2-6,13,19H,1,7-9H2,(H2,16,20). The first kappa shape index (κ1) is 16.6. The van der Waals surface area contributed by atoms with Gasteiger partial charge >= 0.3 is 0 Å². The maximum atomic E-state index is 12.3. The normalized spacial score (nSPS) is 16.0. The molecule has 1 aliphatic rings. The summed E-state index contributed by atoms with van der Waals surface area (Å²) < 4.78 is 0. The number of nitrogens with zero attached hydrogens (tertiary/aromatic N) is 2. The van der Waals surface area contributed by atoms with Gasteiger partial charge in [0.2, 0.25) is 11.8 Å². The Hall–Kier alpha value is -2.74. The molecule has 2 rings (SSSR count). The van der Waals surface area contributed by atoms with Gasteiger partial charge in [-0.2, -0.15) is 0 Å². The number of carbonyl (C=O) groups excluding carboxylic acids is 2. The fourth-order valence-electron chi connectivity index (χ4n) is 2.36. The number of nitro benzene ring substituents is 1. The number of nitro groups is 1. The molecule has 1 aliphatic heterocycles. The summed E-state index contributed by atoms with van der Waals surface area (Å²) in [6.07, 6.45) is 0.815. The van der Waals surface area contributed by atoms with Gasteiger partial charge in [-0.1, -0.05) is 18.2 Å². The van der Waals surface area contributed by atoms with E-state index in [1.807, 2.05) is 0 Å². The van der Waals surface area contributed by atoms with Gasteiger partial charge < -0.3 is 15.7 Å². The molecule has 0 bridgehead atoms. The van der Waals surface area contributed by atoms with Crippen molar-refractivity contribution in [3.05, 3.63) is 51.6 Å². The van der Waals surface area contributed by atoms with Crippen LogP contribution in [0.3, 0.4) is 0 Å². The molecule has 0 aliphatic carbocycles. The number of aliphatic hydroxyl groups excluding tert-OH is 1. The molecule has 1 aromatic carbocycles. The van der Waals surface area contributed by atoms with Gasteiger partial charge in [0.1, 0.15) is 6.10 Å². The first-order valence-electron chi connectivity index (χ1n) is 7.07. The Kier molecular flexibility index (Phi) is 5.07. The summed E-state index contributed by atoms with van der Waals surface area (Å²) in [6, 6.07) is 5.97. The summed E-state index contributed by atoms with van der Waals surface area (Å²) in [7, 11) is 0. The Morgan fingerprint density at radius 3 is 2.61 bits per heavy atom. The summed E-state index contributed by atoms with van der Waals surface area (Å²) in [4.78, 5) is 35.0. The molecule has 1 heterocycles. The number of hydrogen-bond donors (Lipinski definition) is 2. The zero-order valence-electron chi connectivity index (χ0n) is 12.3. The molecular formula is C15H17N3O5. The number of non-ortho nitro benzene ring substituents is 1. The van der Waals surface area contributed by atoms with Crippen molar-refractivity contribution in [3.8, 4) is 0 Å². The second kappa shape index (κ2) is 7.01. The van der Waals surface area contributed by atoms with Crippen molar-refractivity contribution in [1.29, 1.82) is 0 Å². The lowest BCUT2D eigenvalue weighted by molar-refractivity contribution is -0.384. The SMILES string of the molecule is NC(=O)C(O)CC1=CCCN(Cc2ccc([N+](=O)[O-])cc2)C1=O. The summed E-state index contributed by atoms with van der Waals surface area (Å²) >= 11 is 0. The van der Waals surface area contributed by atoms with Crippen molar-refractivity contribution in [1.82, 2.24) is 4.90 Å². The molecular weight excluding hydrogens is 302 g/mol. The van der Waals surface area contributed by atoms with Crippen molar-refractivity contribution in [2.75, 3.05) is 6.54 Å². The predicted octanol–water partition coefficient (Wildman–Crippen LogP) is 0.490. The molecule has 23 heavy (non-hydrogen) atoms. The number of hydrogen-bond acceptors (Lipinski definition) is 5. The average molecular weight is 319 g/mol. The Morgan fingerprint density at radius 1 is 1.39 bits per heavy atom. The van der Waals surface area contributed by atoms with E-state index >= 15 is 0 Å². The second-order valence-corrected chi connectivity index (χ2v) is 5.29. The molecule has 1 unspecified atom stereocenters. The number of benzene rings is 1. The highest BCUT2D eigenvalue weighted by atomic mass is 16.6. The average Bonchev–Trinajstić information content (AvgIpc) is 2.51. The molecule has 0 fully saturated rings. The van der Waals surface area contributed by atoms with Crippen molar-refractivity contribution < 1.29 is 19.6 Å². The molecule has 0 saturated carbocycles. The first-order valence-corrected chi connectivity index (χ1v) is 7.07. The van der Waals surface area contributed by atoms with Crippen LogP contribution < -0.4 is 5.73 Å². The molecule has 8 heteroatoms. The molecule has 0 saturated heterocycles. The Bertz CT molecular complexity index is 654. The van der Waals surface area contributed by atoms with Crippen LogP contribution in [0.15, 0.2) is 35.9 Å². The predicted molar refractivity (Wildman–Crippen MR) is 81.0 cm³/mol. The third kappa shape index (κ3) is 4.13. The Balaban J connectivity index is 2.04. The van der Waals surface area contributed by atoms with Crippen LogP contribution in [0.25, 0.3) is 0 Å². The molecule has 122 valence electrons. The van der Waals surface area contributed by atoms with Crippen molar-refractivity contribution in [2.45, 2.75) is 25.5 Å². The molecule has 0 aromatic heterocycles. The van der Waals surface area contributed by atoms with Crippen molar-refractivity contribution >= 4 is 17.5 Å². The maximum absolute atomic E-state index is 12.3. The van der Waals surface area contributed by atoms with Gasteiger partial charge in [0.05, 0.1) is 4.92 Å². The molecule has 1 aromatic rings. The van der Waals surface area contributed by atoms with E-state index in [1.165, 1.54) is 12.1 Å². The fraction of sp³-hybridized carbons (Fsp3) is 0.333. The van der Waals surface area contributed by atoms with Crippen LogP contribution in [0.4, 0.5) is 5.69 Å². The van der Waals surface area contributed by atoms with Crippen LogP contribution in [0.1, 0.15) is 18.4 Å². The van der Waals surface area contributed by atoms with Crippen LogP contribution in [0, 0.1) is 10.1 Å². The van der Waals surface area contributed by atoms with E-state index in [4.69, 9.17) is 5.73 Å². The van der Waals surface area contributed by atoms with E-state index < -0.39 is 16.9 Å². The van der Waals surface area contributed by atoms with Crippen molar-refractivity contribution in [3.63, 3.8) is 0 Å². The van der Waals surface area contributed by atoms with E-state index in [-0.39, 0.29) is 18.0 Å². The summed E-state index contributed by atoms with van der Waals surface area (Å²) in [5, 5.41) is 20.1. The van der Waals surface area contributed by atoms with E-state index in [1.54, 1.807) is 23.1 Å². The van der Waals surface area contributed by atoms with E-state index in [9.17, 15) is 24.8 Å². The van der Waals surface area contributed by atoms with Crippen LogP contribution in [0.5, 0.6) is 0 Å². The zero-order valence-corrected chi connectivity index (χ0v) is 12.3. The third-order valence-corrected chi connectivity index (χ3v) is 3.61. The molecule has 8 nitrogen and oxygen atoms in total. The first-order chi connectivity index (χ1) is 10.9. The molecule has 0 spiro atoms. The van der Waals surface area contributed by atoms with Gasteiger partial charge in [-0.15, -0.1) is 0 Å². The highest BCUT2D eigenvalue weighted by Crippen LogP contribution is 2.20. The topological polar surface area (TPSA) is 127 Å². The van der Waals surface area contributed by atoms with Gasteiger partial charge in [0.25, 0.3) is 5.69 Å². The zero-order chi connectivity index (χ0) is 17.0. The number of carbonyl (C=O) groups is 2. The summed E-state index contributed by atoms with van der Waals surface area (Å²) in [6.45, 7) is 0.812. The molecule has 0 radical (unpaired) electrons. The van der Waals surface area contributed by atoms with Gasteiger partial charge in [-0.3, -0.25) is 19.7 Å². The van der Waals surface area contributed by atoms with Gasteiger partial charge in [-0.25, -0.2) is 0 Å². The minimum Gasteiger partial charge on any atom is -0.383 e. The summed E-state index contributed by atoms with van der Waals surface area (Å²) in [5.74, 6) is -1.14. The van der Waals surface area contributed by atoms with Crippen molar-refractivity contribution in [2.24, 2.45) is 5.73 Å². The fourth-order valence-corrected chi connectivity index (χ4v) is 2.36. The quantitative estimate of drug-likeness (QED) is 0.582. The highest BCUT2D eigenvalue weighted by molar-refractivity contribution is 5.95. The van der Waals surface area contributed by atoms with Gasteiger partial charge in [0.15, 0.2) is 0 Å². The van der Waals surface area contributed by atoms with E-state index in [0.717, 1.165) is 5.56 Å². The summed E-state index contributed by atoms with van der Waals surface area (Å²) in [5.41, 5.74) is 6.10. The lowest BCUT2D eigenvalue weighted by Gasteiger charge is -2.27. The van der Waals surface area contributed by atoms with E-state index in [0.29, 0.717) is 25.1 Å². The number of amides is 2. The Morgan fingerprint density at radius 2 is 2.04 bits per heavy atom. The molecule has 2 amide bonds. The maximum Gasteiger partial charge on any atom is 0.269 e. The van der Waals surface area contributed by atoms with Crippen LogP contribution >= 0.6 is 0 Å². The van der Waals surface area contributed by atoms with Crippen LogP contribution in [0.2, 0.25) is 0 Å². The molecule has 1 atom stereocenters. The highest BCUT2D eigenvalue weighted by Gasteiger charge is 2.25. The second-order valence-electron chi connectivity index (χ2n) is 5.29. The number of primary amides is 1.